The van der Waals surface area contributed by atoms with Crippen LogP contribution in [0.15, 0.2) is 59.2 Å². The second-order valence-corrected chi connectivity index (χ2v) is 6.12. The number of rotatable bonds is 5. The topological polar surface area (TPSA) is 44.7 Å². The molecular formula is C20H20FN3O. The zero-order valence-corrected chi connectivity index (χ0v) is 14.3. The van der Waals surface area contributed by atoms with E-state index in [2.05, 4.69) is 10.3 Å². The highest BCUT2D eigenvalue weighted by Gasteiger charge is 2.19. The van der Waals surface area contributed by atoms with E-state index in [0.29, 0.717) is 29.9 Å². The normalized spacial score (nSPS) is 15.2. The molecule has 25 heavy (non-hydrogen) atoms. The molecule has 0 radical (unpaired) electrons. The van der Waals surface area contributed by atoms with Crippen molar-refractivity contribution >= 4 is 23.5 Å². The Morgan fingerprint density at radius 3 is 2.48 bits per heavy atom. The van der Waals surface area contributed by atoms with Crippen LogP contribution in [0.5, 0.6) is 0 Å². The fourth-order valence-corrected chi connectivity index (χ4v) is 2.62. The van der Waals surface area contributed by atoms with Gasteiger partial charge in [0.2, 0.25) is 0 Å². The van der Waals surface area contributed by atoms with Crippen molar-refractivity contribution in [3.63, 3.8) is 0 Å². The van der Waals surface area contributed by atoms with Crippen LogP contribution in [0.3, 0.4) is 0 Å². The maximum Gasteiger partial charge on any atom is 0.275 e. The lowest BCUT2D eigenvalue weighted by Crippen LogP contribution is -2.24. The Bertz CT molecular complexity index is 838. The van der Waals surface area contributed by atoms with Gasteiger partial charge in [0.25, 0.3) is 5.91 Å². The summed E-state index contributed by atoms with van der Waals surface area (Å²) in [5.41, 5.74) is 3.00. The number of amides is 1. The number of carbonyl (C=O) groups excluding carboxylic acids is 1. The number of nitrogens with zero attached hydrogens (tertiary/aromatic N) is 2. The van der Waals surface area contributed by atoms with E-state index in [1.54, 1.807) is 24.3 Å². The third kappa shape index (κ3) is 4.12. The van der Waals surface area contributed by atoms with Gasteiger partial charge < -0.3 is 10.2 Å². The Hall–Kier alpha value is -2.95. The molecule has 1 aliphatic rings. The van der Waals surface area contributed by atoms with Gasteiger partial charge in [-0.1, -0.05) is 30.3 Å². The second-order valence-electron chi connectivity index (χ2n) is 6.12. The second kappa shape index (κ2) is 7.30. The summed E-state index contributed by atoms with van der Waals surface area (Å²) in [4.78, 5) is 18.4. The van der Waals surface area contributed by atoms with Gasteiger partial charge in [-0.15, -0.1) is 0 Å². The van der Waals surface area contributed by atoms with Crippen LogP contribution in [0.4, 0.5) is 10.1 Å². The van der Waals surface area contributed by atoms with Crippen molar-refractivity contribution in [2.24, 2.45) is 4.99 Å². The molecule has 4 nitrogen and oxygen atoms in total. The number of anilines is 1. The Kier molecular flexibility index (Phi) is 4.93. The van der Waals surface area contributed by atoms with Crippen molar-refractivity contribution < 1.29 is 9.18 Å². The molecule has 1 N–H and O–H groups in total. The zero-order chi connectivity index (χ0) is 17.8. The van der Waals surface area contributed by atoms with E-state index in [-0.39, 0.29) is 11.7 Å². The van der Waals surface area contributed by atoms with E-state index in [1.807, 2.05) is 43.3 Å². The quantitative estimate of drug-likeness (QED) is 0.850. The SMILES string of the molecule is CN(C)c1ccc(/C=C2/N=C(CCc3ccccc3F)NC2=O)cc1. The molecule has 2 aromatic carbocycles. The molecule has 0 saturated carbocycles. The van der Waals surface area contributed by atoms with Crippen LogP contribution in [-0.2, 0) is 11.2 Å². The number of aryl methyl sites for hydroxylation is 1. The molecule has 0 bridgehead atoms. The first kappa shape index (κ1) is 16.9. The Morgan fingerprint density at radius 2 is 1.80 bits per heavy atom. The van der Waals surface area contributed by atoms with Crippen molar-refractivity contribution in [3.05, 3.63) is 71.2 Å². The lowest BCUT2D eigenvalue weighted by Gasteiger charge is -2.11. The molecule has 0 spiro atoms. The van der Waals surface area contributed by atoms with Crippen LogP contribution < -0.4 is 10.2 Å². The first-order valence-electron chi connectivity index (χ1n) is 8.14. The summed E-state index contributed by atoms with van der Waals surface area (Å²) in [7, 11) is 3.95. The van der Waals surface area contributed by atoms with Gasteiger partial charge >= 0.3 is 0 Å². The third-order valence-corrected chi connectivity index (χ3v) is 4.05. The average molecular weight is 337 g/mol. The summed E-state index contributed by atoms with van der Waals surface area (Å²) in [6.07, 6.45) is 2.74. The fourth-order valence-electron chi connectivity index (χ4n) is 2.62. The molecule has 0 fully saturated rings. The number of nitrogens with one attached hydrogen (secondary N) is 1. The highest BCUT2D eigenvalue weighted by atomic mass is 19.1. The van der Waals surface area contributed by atoms with Crippen molar-refractivity contribution in [1.29, 1.82) is 0 Å². The van der Waals surface area contributed by atoms with Crippen LogP contribution in [-0.4, -0.2) is 25.8 Å². The van der Waals surface area contributed by atoms with Crippen molar-refractivity contribution in [2.45, 2.75) is 12.8 Å². The molecule has 128 valence electrons. The van der Waals surface area contributed by atoms with Crippen molar-refractivity contribution in [2.75, 3.05) is 19.0 Å². The van der Waals surface area contributed by atoms with Gasteiger partial charge in [-0.2, -0.15) is 0 Å². The van der Waals surface area contributed by atoms with Crippen LogP contribution >= 0.6 is 0 Å². The lowest BCUT2D eigenvalue weighted by atomic mass is 10.1. The molecule has 0 aliphatic carbocycles. The third-order valence-electron chi connectivity index (χ3n) is 4.05. The lowest BCUT2D eigenvalue weighted by molar-refractivity contribution is -0.115. The number of aliphatic imine (C=N–C) groups is 1. The zero-order valence-electron chi connectivity index (χ0n) is 14.3. The van der Waals surface area contributed by atoms with Crippen LogP contribution in [0.1, 0.15) is 17.5 Å². The van der Waals surface area contributed by atoms with Crippen LogP contribution in [0.25, 0.3) is 6.08 Å². The van der Waals surface area contributed by atoms with E-state index in [9.17, 15) is 9.18 Å². The minimum absolute atomic E-state index is 0.222. The van der Waals surface area contributed by atoms with Gasteiger partial charge in [0.1, 0.15) is 17.3 Å². The standard InChI is InChI=1S/C20H20FN3O/c1-24(2)16-10-7-14(8-11-16)13-18-20(25)23-19(22-18)12-9-15-5-3-4-6-17(15)21/h3-8,10-11,13H,9,12H2,1-2H3,(H,22,23,25)/b18-13+. The van der Waals surface area contributed by atoms with Gasteiger partial charge in [0.05, 0.1) is 0 Å². The largest absolute Gasteiger partial charge is 0.378 e. The minimum atomic E-state index is -0.232. The van der Waals surface area contributed by atoms with Gasteiger partial charge in [0, 0.05) is 26.2 Å². The van der Waals surface area contributed by atoms with Gasteiger partial charge in [-0.05, 0) is 41.8 Å². The number of hydrogen-bond donors (Lipinski definition) is 1. The van der Waals surface area contributed by atoms with Crippen molar-refractivity contribution in [1.82, 2.24) is 5.32 Å². The van der Waals surface area contributed by atoms with Crippen LogP contribution in [0.2, 0.25) is 0 Å². The highest BCUT2D eigenvalue weighted by molar-refractivity contribution is 6.14. The van der Waals surface area contributed by atoms with Crippen molar-refractivity contribution in [3.8, 4) is 0 Å². The van der Waals surface area contributed by atoms with E-state index >= 15 is 0 Å². The monoisotopic (exact) mass is 337 g/mol. The molecule has 3 rings (SSSR count). The number of benzene rings is 2. The highest BCUT2D eigenvalue weighted by Crippen LogP contribution is 2.18. The Morgan fingerprint density at radius 1 is 1.08 bits per heavy atom. The van der Waals surface area contributed by atoms with Gasteiger partial charge in [-0.3, -0.25) is 4.79 Å². The summed E-state index contributed by atoms with van der Waals surface area (Å²) in [5, 5.41) is 2.76. The molecule has 0 saturated heterocycles. The maximum atomic E-state index is 13.7. The maximum absolute atomic E-state index is 13.7. The first-order chi connectivity index (χ1) is 12.0. The molecule has 0 unspecified atom stereocenters. The predicted octanol–water partition coefficient (Wildman–Crippen LogP) is 3.39. The molecule has 0 aromatic heterocycles. The molecule has 1 heterocycles. The average Bonchev–Trinajstić information content (AvgIpc) is 2.94. The van der Waals surface area contributed by atoms with Crippen LogP contribution in [0, 0.1) is 5.82 Å². The van der Waals surface area contributed by atoms with E-state index in [0.717, 1.165) is 11.3 Å². The number of halogens is 1. The minimum Gasteiger partial charge on any atom is -0.378 e. The summed E-state index contributed by atoms with van der Waals surface area (Å²) < 4.78 is 13.7. The molecule has 0 atom stereocenters. The number of hydrogen-bond acceptors (Lipinski definition) is 3. The number of carbonyl (C=O) groups is 1. The summed E-state index contributed by atoms with van der Waals surface area (Å²) >= 11 is 0. The summed E-state index contributed by atoms with van der Waals surface area (Å²) in [5.74, 6) is 0.119. The number of amidine groups is 1. The van der Waals surface area contributed by atoms with E-state index in [1.165, 1.54) is 6.07 Å². The molecular weight excluding hydrogens is 317 g/mol. The van der Waals surface area contributed by atoms with Gasteiger partial charge in [0.15, 0.2) is 0 Å². The first-order valence-corrected chi connectivity index (χ1v) is 8.14. The predicted molar refractivity (Wildman–Crippen MR) is 99.0 cm³/mol. The van der Waals surface area contributed by atoms with Gasteiger partial charge in [-0.25, -0.2) is 9.38 Å². The molecule has 5 heteroatoms. The summed E-state index contributed by atoms with van der Waals surface area (Å²) in [6.45, 7) is 0. The fraction of sp³-hybridized carbons (Fsp3) is 0.200. The molecule has 2 aromatic rings. The van der Waals surface area contributed by atoms with E-state index in [4.69, 9.17) is 0 Å². The molecule has 1 aliphatic heterocycles. The summed E-state index contributed by atoms with van der Waals surface area (Å²) in [6, 6.07) is 14.5. The van der Waals surface area contributed by atoms with E-state index < -0.39 is 0 Å². The Balaban J connectivity index is 1.70. The smallest absolute Gasteiger partial charge is 0.275 e. The Labute approximate surface area is 146 Å². The molecule has 1 amide bonds.